The first-order valence-corrected chi connectivity index (χ1v) is 5.27. The highest BCUT2D eigenvalue weighted by Gasteiger charge is 2.27. The third kappa shape index (κ3) is 2.53. The van der Waals surface area contributed by atoms with E-state index in [-0.39, 0.29) is 11.9 Å². The van der Waals surface area contributed by atoms with Crippen molar-refractivity contribution in [1.82, 2.24) is 20.2 Å². The molecule has 0 radical (unpaired) electrons. The molecule has 0 aromatic carbocycles. The van der Waals surface area contributed by atoms with Gasteiger partial charge in [-0.15, -0.1) is 0 Å². The summed E-state index contributed by atoms with van der Waals surface area (Å²) in [6.45, 7) is 2.81. The minimum Gasteiger partial charge on any atom is -0.368 e. The topological polar surface area (TPSA) is 84.1 Å². The lowest BCUT2D eigenvalue weighted by Gasteiger charge is -2.33. The van der Waals surface area contributed by atoms with Gasteiger partial charge in [-0.2, -0.15) is 0 Å². The molecule has 1 aliphatic rings. The van der Waals surface area contributed by atoms with Gasteiger partial charge in [0.2, 0.25) is 5.91 Å². The van der Waals surface area contributed by atoms with E-state index in [1.807, 2.05) is 4.90 Å². The van der Waals surface area contributed by atoms with Gasteiger partial charge in [-0.3, -0.25) is 9.69 Å². The molecule has 1 unspecified atom stereocenters. The average molecular weight is 221 g/mol. The van der Waals surface area contributed by atoms with E-state index in [0.717, 1.165) is 18.9 Å². The predicted molar refractivity (Wildman–Crippen MR) is 58.3 cm³/mol. The minimum absolute atomic E-state index is 0.266. The number of carbonyl (C=O) groups excluding carboxylic acids is 1. The Morgan fingerprint density at radius 1 is 1.56 bits per heavy atom. The van der Waals surface area contributed by atoms with Crippen molar-refractivity contribution in [3.05, 3.63) is 24.3 Å². The zero-order valence-electron chi connectivity index (χ0n) is 8.97. The third-order valence-electron chi connectivity index (χ3n) is 2.65. The molecule has 2 heterocycles. The summed E-state index contributed by atoms with van der Waals surface area (Å²) in [6.07, 6.45) is 3.40. The summed E-state index contributed by atoms with van der Waals surface area (Å²) in [5.74, 6) is 0.416. The van der Waals surface area contributed by atoms with Crippen molar-refractivity contribution in [2.75, 3.05) is 19.6 Å². The molecule has 0 bridgehead atoms. The number of hydrogen-bond donors (Lipinski definition) is 2. The number of piperazine rings is 1. The van der Waals surface area contributed by atoms with Gasteiger partial charge in [0.25, 0.3) is 0 Å². The van der Waals surface area contributed by atoms with E-state index in [2.05, 4.69) is 15.3 Å². The Morgan fingerprint density at radius 2 is 2.31 bits per heavy atom. The molecule has 1 aromatic rings. The fourth-order valence-corrected chi connectivity index (χ4v) is 1.81. The molecule has 6 heteroatoms. The first-order chi connectivity index (χ1) is 7.77. The summed E-state index contributed by atoms with van der Waals surface area (Å²) in [5.41, 5.74) is 5.35. The van der Waals surface area contributed by atoms with Gasteiger partial charge in [-0.25, -0.2) is 9.97 Å². The fraction of sp³-hybridized carbons (Fsp3) is 0.500. The normalized spacial score (nSPS) is 21.9. The quantitative estimate of drug-likeness (QED) is 0.665. The molecule has 1 atom stereocenters. The molecular weight excluding hydrogens is 206 g/mol. The standard InChI is InChI=1S/C10H15N5O/c11-10(16)8-6-12-4-5-15(8)7-9-13-2-1-3-14-9/h1-3,8,12H,4-7H2,(H2,11,16). The van der Waals surface area contributed by atoms with Crippen LogP contribution in [0.1, 0.15) is 5.82 Å². The highest BCUT2D eigenvalue weighted by Crippen LogP contribution is 2.06. The van der Waals surface area contributed by atoms with Crippen LogP contribution in [0.2, 0.25) is 0 Å². The number of carbonyl (C=O) groups is 1. The Labute approximate surface area is 93.9 Å². The molecule has 0 saturated carbocycles. The molecule has 1 fully saturated rings. The lowest BCUT2D eigenvalue weighted by molar-refractivity contribution is -0.124. The monoisotopic (exact) mass is 221 g/mol. The van der Waals surface area contributed by atoms with Crippen LogP contribution in [-0.4, -0.2) is 46.5 Å². The Bertz CT molecular complexity index is 355. The van der Waals surface area contributed by atoms with E-state index in [9.17, 15) is 4.79 Å². The number of nitrogens with zero attached hydrogens (tertiary/aromatic N) is 3. The van der Waals surface area contributed by atoms with Gasteiger partial charge in [0.1, 0.15) is 11.9 Å². The van der Waals surface area contributed by atoms with Crippen molar-refractivity contribution >= 4 is 5.91 Å². The number of nitrogens with one attached hydrogen (secondary N) is 1. The van der Waals surface area contributed by atoms with Gasteiger partial charge in [-0.05, 0) is 6.07 Å². The van der Waals surface area contributed by atoms with E-state index in [1.54, 1.807) is 18.5 Å². The number of aromatic nitrogens is 2. The van der Waals surface area contributed by atoms with Crippen molar-refractivity contribution in [3.8, 4) is 0 Å². The predicted octanol–water partition coefficient (Wildman–Crippen LogP) is -1.26. The number of hydrogen-bond acceptors (Lipinski definition) is 5. The Morgan fingerprint density at radius 3 is 3.00 bits per heavy atom. The minimum atomic E-state index is -0.303. The highest BCUT2D eigenvalue weighted by molar-refractivity contribution is 5.80. The zero-order chi connectivity index (χ0) is 11.4. The van der Waals surface area contributed by atoms with Crippen LogP contribution in [0, 0.1) is 0 Å². The smallest absolute Gasteiger partial charge is 0.236 e. The van der Waals surface area contributed by atoms with Gasteiger partial charge >= 0.3 is 0 Å². The van der Waals surface area contributed by atoms with Crippen LogP contribution < -0.4 is 11.1 Å². The largest absolute Gasteiger partial charge is 0.368 e. The molecule has 6 nitrogen and oxygen atoms in total. The van der Waals surface area contributed by atoms with Crippen molar-refractivity contribution in [3.63, 3.8) is 0 Å². The number of amides is 1. The molecular formula is C10H15N5O. The van der Waals surface area contributed by atoms with Crippen molar-refractivity contribution in [2.45, 2.75) is 12.6 Å². The summed E-state index contributed by atoms with van der Waals surface area (Å²) >= 11 is 0. The number of rotatable bonds is 3. The Kier molecular flexibility index (Phi) is 3.43. The van der Waals surface area contributed by atoms with E-state index < -0.39 is 0 Å². The second kappa shape index (κ2) is 5.00. The van der Waals surface area contributed by atoms with Crippen LogP contribution in [0.4, 0.5) is 0 Å². The van der Waals surface area contributed by atoms with Gasteiger partial charge in [0.15, 0.2) is 0 Å². The van der Waals surface area contributed by atoms with Gasteiger partial charge < -0.3 is 11.1 Å². The molecule has 0 aliphatic carbocycles. The van der Waals surface area contributed by atoms with E-state index in [0.29, 0.717) is 13.1 Å². The SMILES string of the molecule is NC(=O)C1CNCCN1Cc1ncccn1. The van der Waals surface area contributed by atoms with Crippen LogP contribution >= 0.6 is 0 Å². The molecule has 0 spiro atoms. The lowest BCUT2D eigenvalue weighted by Crippen LogP contribution is -2.56. The Hall–Kier alpha value is -1.53. The maximum Gasteiger partial charge on any atom is 0.236 e. The summed E-state index contributed by atoms with van der Waals surface area (Å²) in [7, 11) is 0. The molecule has 16 heavy (non-hydrogen) atoms. The van der Waals surface area contributed by atoms with E-state index in [1.165, 1.54) is 0 Å². The molecule has 1 aromatic heterocycles. The summed E-state index contributed by atoms with van der Waals surface area (Å²) in [6, 6.07) is 1.50. The average Bonchev–Trinajstić information content (AvgIpc) is 2.31. The molecule has 1 saturated heterocycles. The fourth-order valence-electron chi connectivity index (χ4n) is 1.81. The van der Waals surface area contributed by atoms with Crippen LogP contribution in [0.25, 0.3) is 0 Å². The summed E-state index contributed by atoms with van der Waals surface area (Å²) < 4.78 is 0. The lowest BCUT2D eigenvalue weighted by atomic mass is 10.2. The molecule has 1 aliphatic heterocycles. The molecule has 86 valence electrons. The van der Waals surface area contributed by atoms with E-state index in [4.69, 9.17) is 5.73 Å². The first-order valence-electron chi connectivity index (χ1n) is 5.27. The highest BCUT2D eigenvalue weighted by atomic mass is 16.1. The van der Waals surface area contributed by atoms with E-state index >= 15 is 0 Å². The van der Waals surface area contributed by atoms with Crippen molar-refractivity contribution in [2.24, 2.45) is 5.73 Å². The van der Waals surface area contributed by atoms with Crippen molar-refractivity contribution < 1.29 is 4.79 Å². The number of nitrogens with two attached hydrogens (primary N) is 1. The van der Waals surface area contributed by atoms with Crippen LogP contribution in [0.15, 0.2) is 18.5 Å². The number of primary amides is 1. The van der Waals surface area contributed by atoms with Crippen LogP contribution in [0.5, 0.6) is 0 Å². The maximum atomic E-state index is 11.3. The van der Waals surface area contributed by atoms with Crippen molar-refractivity contribution in [1.29, 1.82) is 0 Å². The zero-order valence-corrected chi connectivity index (χ0v) is 8.97. The Balaban J connectivity index is 2.04. The maximum absolute atomic E-state index is 11.3. The second-order valence-corrected chi connectivity index (χ2v) is 3.76. The third-order valence-corrected chi connectivity index (χ3v) is 2.65. The van der Waals surface area contributed by atoms with Crippen LogP contribution in [-0.2, 0) is 11.3 Å². The first kappa shape index (κ1) is 11.0. The summed E-state index contributed by atoms with van der Waals surface area (Å²) in [5, 5.41) is 3.15. The van der Waals surface area contributed by atoms with Gasteiger partial charge in [0, 0.05) is 32.0 Å². The second-order valence-electron chi connectivity index (χ2n) is 3.76. The molecule has 3 N–H and O–H groups in total. The van der Waals surface area contributed by atoms with Gasteiger partial charge in [-0.1, -0.05) is 0 Å². The molecule has 1 amide bonds. The summed E-state index contributed by atoms with van der Waals surface area (Å²) in [4.78, 5) is 21.5. The molecule has 2 rings (SSSR count). The van der Waals surface area contributed by atoms with Crippen LogP contribution in [0.3, 0.4) is 0 Å². The van der Waals surface area contributed by atoms with Gasteiger partial charge in [0.05, 0.1) is 6.54 Å².